The van der Waals surface area contributed by atoms with Crippen molar-refractivity contribution in [2.75, 3.05) is 0 Å². The summed E-state index contributed by atoms with van der Waals surface area (Å²) in [5.41, 5.74) is 0. The van der Waals surface area contributed by atoms with E-state index < -0.39 is 18.4 Å². The molecule has 0 aromatic heterocycles. The van der Waals surface area contributed by atoms with E-state index >= 15 is 0 Å². The van der Waals surface area contributed by atoms with E-state index in [0.29, 0.717) is 0 Å². The summed E-state index contributed by atoms with van der Waals surface area (Å²) in [6, 6.07) is -2.25. The molecule has 68 valence electrons. The third-order valence-electron chi connectivity index (χ3n) is 1.09. The molecule has 13 heavy (non-hydrogen) atoms. The van der Waals surface area contributed by atoms with Crippen molar-refractivity contribution in [3.63, 3.8) is 0 Å². The molecule has 0 aromatic carbocycles. The first kappa shape index (κ1) is 13.6. The third-order valence-corrected chi connectivity index (χ3v) is 2.00. The summed E-state index contributed by atoms with van der Waals surface area (Å²) in [5, 5.41) is 10.8. The van der Waals surface area contributed by atoms with E-state index in [1.54, 1.807) is 0 Å². The molecule has 0 bridgehead atoms. The van der Waals surface area contributed by atoms with Gasteiger partial charge in [0.05, 0.1) is 6.35 Å². The SMILES string of the molecule is O=C1N(Cl)C(=O)N(Cl)C([O-])N1Cl.[Na+]. The molecule has 1 rings (SSSR count). The Bertz CT molecular complexity index is 219. The van der Waals surface area contributed by atoms with Gasteiger partial charge in [-0.1, -0.05) is 0 Å². The van der Waals surface area contributed by atoms with Crippen LogP contribution in [0, 0.1) is 0 Å². The Morgan fingerprint density at radius 2 is 1.38 bits per heavy atom. The van der Waals surface area contributed by atoms with Crippen LogP contribution in [0.25, 0.3) is 0 Å². The van der Waals surface area contributed by atoms with Crippen LogP contribution >= 0.6 is 35.3 Å². The second kappa shape index (κ2) is 4.88. The Labute approximate surface area is 111 Å². The van der Waals surface area contributed by atoms with Gasteiger partial charge in [-0.25, -0.2) is 18.4 Å². The largest absolute Gasteiger partial charge is 1.00 e. The minimum atomic E-state index is -1.97. The topological polar surface area (TPSA) is 66.9 Å². The molecule has 0 radical (unpaired) electrons. The zero-order chi connectivity index (χ0) is 9.46. The van der Waals surface area contributed by atoms with Gasteiger partial charge in [-0.05, 0) is 0 Å². The predicted molar refractivity (Wildman–Crippen MR) is 37.7 cm³/mol. The average Bonchev–Trinajstić information content (AvgIpc) is 2.08. The van der Waals surface area contributed by atoms with Crippen LogP contribution in [-0.2, 0) is 0 Å². The number of carbonyl (C=O) groups excluding carboxylic acids is 2. The summed E-state index contributed by atoms with van der Waals surface area (Å²) in [6.45, 7) is 0. The standard InChI is InChI=1S/C3HCl3N3O3.Na/c4-7-1(10)8(5)3(12)9(6)2(7)11;/h1H;/q-1;+1. The van der Waals surface area contributed by atoms with Crippen molar-refractivity contribution in [1.29, 1.82) is 0 Å². The molecule has 1 aliphatic rings. The Morgan fingerprint density at radius 3 is 1.69 bits per heavy atom. The molecule has 1 heterocycles. The summed E-state index contributed by atoms with van der Waals surface area (Å²) < 4.78 is 0.442. The van der Waals surface area contributed by atoms with Gasteiger partial charge in [-0.3, -0.25) is 0 Å². The van der Waals surface area contributed by atoms with Crippen molar-refractivity contribution in [1.82, 2.24) is 13.3 Å². The molecule has 0 saturated carbocycles. The molecule has 1 fully saturated rings. The molecule has 6 nitrogen and oxygen atoms in total. The Balaban J connectivity index is 0.00000144. The molecule has 0 aliphatic carbocycles. The molecule has 0 atom stereocenters. The third kappa shape index (κ3) is 2.33. The van der Waals surface area contributed by atoms with Gasteiger partial charge in [0.2, 0.25) is 0 Å². The molecular weight excluding hydrogens is 255 g/mol. The molecular formula is C3HCl3N3NaO3. The van der Waals surface area contributed by atoms with Gasteiger partial charge in [0.1, 0.15) is 0 Å². The van der Waals surface area contributed by atoms with Crippen LogP contribution in [0.4, 0.5) is 9.59 Å². The number of nitrogens with zero attached hydrogens (tertiary/aromatic N) is 3. The maximum atomic E-state index is 10.8. The number of carbonyl (C=O) groups is 2. The fourth-order valence-electron chi connectivity index (χ4n) is 0.528. The molecule has 0 spiro atoms. The number of rotatable bonds is 0. The molecule has 0 unspecified atom stereocenters. The molecule has 1 saturated heterocycles. The number of urea groups is 2. The molecule has 10 heteroatoms. The van der Waals surface area contributed by atoms with E-state index in [1.807, 2.05) is 0 Å². The van der Waals surface area contributed by atoms with Crippen molar-refractivity contribution in [2.24, 2.45) is 0 Å². The van der Waals surface area contributed by atoms with Crippen LogP contribution in [0.5, 0.6) is 0 Å². The first-order valence-electron chi connectivity index (χ1n) is 2.56. The normalized spacial score (nSPS) is 19.2. The molecule has 0 N–H and O–H groups in total. The predicted octanol–water partition coefficient (Wildman–Crippen LogP) is -2.74. The van der Waals surface area contributed by atoms with E-state index in [1.165, 1.54) is 0 Å². The summed E-state index contributed by atoms with van der Waals surface area (Å²) in [7, 11) is 0. The van der Waals surface area contributed by atoms with Gasteiger partial charge < -0.3 is 5.11 Å². The van der Waals surface area contributed by atoms with Crippen molar-refractivity contribution in [3.8, 4) is 0 Å². The van der Waals surface area contributed by atoms with Gasteiger partial charge in [-0.15, -0.1) is 4.42 Å². The number of hydrogen-bond donors (Lipinski definition) is 0. The number of imide groups is 1. The fourth-order valence-corrected chi connectivity index (χ4v) is 1.14. The van der Waals surface area contributed by atoms with Crippen LogP contribution < -0.4 is 34.7 Å². The van der Waals surface area contributed by atoms with Crippen molar-refractivity contribution in [3.05, 3.63) is 0 Å². The van der Waals surface area contributed by atoms with Crippen LogP contribution in [0.3, 0.4) is 0 Å². The number of amides is 4. The van der Waals surface area contributed by atoms with Crippen LogP contribution in [-0.4, -0.2) is 31.7 Å². The maximum absolute atomic E-state index is 10.8. The summed E-state index contributed by atoms with van der Waals surface area (Å²) in [6.07, 6.45) is -1.97. The summed E-state index contributed by atoms with van der Waals surface area (Å²) >= 11 is 15.4. The van der Waals surface area contributed by atoms with Gasteiger partial charge in [0, 0.05) is 35.3 Å². The Hall–Kier alpha value is 0.570. The van der Waals surface area contributed by atoms with E-state index in [0.717, 1.165) is 0 Å². The van der Waals surface area contributed by atoms with Gasteiger partial charge in [0.15, 0.2) is 0 Å². The van der Waals surface area contributed by atoms with E-state index in [9.17, 15) is 14.7 Å². The van der Waals surface area contributed by atoms with E-state index in [4.69, 9.17) is 35.3 Å². The zero-order valence-electron chi connectivity index (χ0n) is 6.28. The quantitative estimate of drug-likeness (QED) is 0.349. The minimum Gasteiger partial charge on any atom is -0.817 e. The average molecular weight is 256 g/mol. The first-order chi connectivity index (χ1) is 5.46. The second-order valence-corrected chi connectivity index (χ2v) is 2.86. The number of halogens is 3. The zero-order valence-corrected chi connectivity index (χ0v) is 10.5. The van der Waals surface area contributed by atoms with Crippen LogP contribution in [0.2, 0.25) is 0 Å². The maximum Gasteiger partial charge on any atom is 1.00 e. The smallest absolute Gasteiger partial charge is 0.817 e. The fraction of sp³-hybridized carbons (Fsp3) is 0.333. The minimum absolute atomic E-state index is 0. The second-order valence-electron chi connectivity index (χ2n) is 1.79. The van der Waals surface area contributed by atoms with E-state index in [2.05, 4.69) is 0 Å². The van der Waals surface area contributed by atoms with Gasteiger partial charge >= 0.3 is 41.6 Å². The van der Waals surface area contributed by atoms with E-state index in [-0.39, 0.29) is 42.8 Å². The van der Waals surface area contributed by atoms with Gasteiger partial charge in [0.25, 0.3) is 0 Å². The summed E-state index contributed by atoms with van der Waals surface area (Å²) in [5.74, 6) is 0. The molecule has 4 amide bonds. The van der Waals surface area contributed by atoms with Crippen molar-refractivity contribution < 1.29 is 44.3 Å². The van der Waals surface area contributed by atoms with Crippen LogP contribution in [0.15, 0.2) is 0 Å². The summed E-state index contributed by atoms with van der Waals surface area (Å²) in [4.78, 5) is 21.5. The Kier molecular flexibility index (Phi) is 5.09. The first-order valence-corrected chi connectivity index (χ1v) is 3.58. The van der Waals surface area contributed by atoms with Crippen molar-refractivity contribution in [2.45, 2.75) is 6.35 Å². The van der Waals surface area contributed by atoms with Crippen molar-refractivity contribution >= 4 is 47.4 Å². The van der Waals surface area contributed by atoms with Gasteiger partial charge in [-0.2, -0.15) is 0 Å². The molecule has 1 aliphatic heterocycles. The number of hydrogen-bond acceptors (Lipinski definition) is 3. The van der Waals surface area contributed by atoms with Crippen LogP contribution in [0.1, 0.15) is 0 Å². The Morgan fingerprint density at radius 1 is 1.08 bits per heavy atom. The monoisotopic (exact) mass is 255 g/mol. The molecule has 0 aromatic rings.